The molecule has 0 fully saturated rings. The first-order valence-electron chi connectivity index (χ1n) is 7.12. The minimum Gasteiger partial charge on any atom is -0.396 e. The van der Waals surface area contributed by atoms with Crippen molar-refractivity contribution < 1.29 is 20.4 Å². The standard InChI is InChI=1S/C14H29O4/c15-11-5-1-3-7-13(17)9-10-14(18)8-4-2-6-12-16/h9,13-18H,1-8,10-12H2. The molecule has 2 atom stereocenters. The molecule has 4 nitrogen and oxygen atoms in total. The fourth-order valence-electron chi connectivity index (χ4n) is 1.86. The number of rotatable bonds is 13. The average molecular weight is 261 g/mol. The maximum atomic E-state index is 9.67. The van der Waals surface area contributed by atoms with Gasteiger partial charge in [-0.1, -0.05) is 25.7 Å². The second kappa shape index (κ2) is 13.3. The van der Waals surface area contributed by atoms with E-state index in [4.69, 9.17) is 10.2 Å². The van der Waals surface area contributed by atoms with Crippen molar-refractivity contribution in [3.05, 3.63) is 6.42 Å². The summed E-state index contributed by atoms with van der Waals surface area (Å²) in [5, 5.41) is 36.5. The van der Waals surface area contributed by atoms with Gasteiger partial charge in [-0.2, -0.15) is 0 Å². The van der Waals surface area contributed by atoms with Gasteiger partial charge in [-0.3, -0.25) is 0 Å². The lowest BCUT2D eigenvalue weighted by Crippen LogP contribution is -2.14. The van der Waals surface area contributed by atoms with E-state index in [-0.39, 0.29) is 19.3 Å². The van der Waals surface area contributed by atoms with E-state index in [9.17, 15) is 10.2 Å². The first-order valence-corrected chi connectivity index (χ1v) is 7.12. The van der Waals surface area contributed by atoms with Crippen LogP contribution in [-0.2, 0) is 0 Å². The minimum atomic E-state index is -0.448. The van der Waals surface area contributed by atoms with Crippen molar-refractivity contribution in [3.8, 4) is 0 Å². The number of hydrogen-bond acceptors (Lipinski definition) is 4. The zero-order chi connectivity index (χ0) is 13.6. The Bertz CT molecular complexity index is 146. The molecule has 0 aromatic heterocycles. The second-order valence-corrected chi connectivity index (χ2v) is 4.84. The van der Waals surface area contributed by atoms with Gasteiger partial charge in [-0.25, -0.2) is 0 Å². The molecule has 109 valence electrons. The Labute approximate surface area is 111 Å². The van der Waals surface area contributed by atoms with Crippen LogP contribution in [0.3, 0.4) is 0 Å². The number of hydrogen-bond donors (Lipinski definition) is 4. The van der Waals surface area contributed by atoms with E-state index in [0.29, 0.717) is 12.8 Å². The molecule has 0 aromatic rings. The van der Waals surface area contributed by atoms with Gasteiger partial charge < -0.3 is 20.4 Å². The third-order valence-corrected chi connectivity index (χ3v) is 3.03. The van der Waals surface area contributed by atoms with E-state index in [0.717, 1.165) is 44.9 Å². The van der Waals surface area contributed by atoms with Gasteiger partial charge in [0, 0.05) is 13.2 Å². The summed E-state index contributed by atoms with van der Waals surface area (Å²) < 4.78 is 0. The van der Waals surface area contributed by atoms with Gasteiger partial charge >= 0.3 is 0 Å². The molecule has 0 heterocycles. The molecule has 0 amide bonds. The van der Waals surface area contributed by atoms with Gasteiger partial charge in [0.15, 0.2) is 0 Å². The van der Waals surface area contributed by atoms with Crippen molar-refractivity contribution in [2.75, 3.05) is 13.2 Å². The van der Waals surface area contributed by atoms with Crippen LogP contribution in [0.2, 0.25) is 0 Å². The third-order valence-electron chi connectivity index (χ3n) is 3.03. The Morgan fingerprint density at radius 3 is 1.83 bits per heavy atom. The average Bonchev–Trinajstić information content (AvgIpc) is 2.37. The van der Waals surface area contributed by atoms with Gasteiger partial charge in [0.25, 0.3) is 0 Å². The summed E-state index contributed by atoms with van der Waals surface area (Å²) in [4.78, 5) is 0. The summed E-state index contributed by atoms with van der Waals surface area (Å²) in [5.41, 5.74) is 0. The van der Waals surface area contributed by atoms with Crippen molar-refractivity contribution in [2.24, 2.45) is 0 Å². The highest BCUT2D eigenvalue weighted by Gasteiger charge is 2.09. The first-order chi connectivity index (χ1) is 8.70. The van der Waals surface area contributed by atoms with Crippen molar-refractivity contribution >= 4 is 0 Å². The summed E-state index contributed by atoms with van der Waals surface area (Å²) >= 11 is 0. The molecule has 0 aromatic carbocycles. The molecular weight excluding hydrogens is 232 g/mol. The van der Waals surface area contributed by atoms with E-state index in [1.165, 1.54) is 0 Å². The Balaban J connectivity index is 3.32. The van der Waals surface area contributed by atoms with E-state index in [1.54, 1.807) is 6.42 Å². The van der Waals surface area contributed by atoms with Crippen LogP contribution in [-0.4, -0.2) is 45.8 Å². The molecule has 0 rings (SSSR count). The highest BCUT2D eigenvalue weighted by atomic mass is 16.3. The van der Waals surface area contributed by atoms with Gasteiger partial charge in [0.1, 0.15) is 0 Å². The van der Waals surface area contributed by atoms with Crippen LogP contribution in [0.15, 0.2) is 0 Å². The van der Waals surface area contributed by atoms with Crippen LogP contribution in [0.1, 0.15) is 57.8 Å². The Kier molecular flexibility index (Phi) is 13.2. The molecule has 18 heavy (non-hydrogen) atoms. The highest BCUT2D eigenvalue weighted by Crippen LogP contribution is 2.12. The largest absolute Gasteiger partial charge is 0.396 e. The molecule has 4 N–H and O–H groups in total. The smallest absolute Gasteiger partial charge is 0.0573 e. The van der Waals surface area contributed by atoms with E-state index in [1.807, 2.05) is 0 Å². The third kappa shape index (κ3) is 12.3. The van der Waals surface area contributed by atoms with Crippen LogP contribution in [0.25, 0.3) is 0 Å². The second-order valence-electron chi connectivity index (χ2n) is 4.84. The van der Waals surface area contributed by atoms with Gasteiger partial charge in [0.2, 0.25) is 0 Å². The van der Waals surface area contributed by atoms with Gasteiger partial charge in [-0.05, 0) is 38.5 Å². The molecule has 1 radical (unpaired) electrons. The molecule has 4 heteroatoms. The lowest BCUT2D eigenvalue weighted by molar-refractivity contribution is 0.134. The lowest BCUT2D eigenvalue weighted by Gasteiger charge is -2.13. The van der Waals surface area contributed by atoms with Crippen molar-refractivity contribution in [1.29, 1.82) is 0 Å². The molecule has 0 aliphatic carbocycles. The molecule has 0 aliphatic rings. The summed E-state index contributed by atoms with van der Waals surface area (Å²) in [5.74, 6) is 0. The predicted octanol–water partition coefficient (Wildman–Crippen LogP) is 1.41. The number of aliphatic hydroxyl groups excluding tert-OH is 4. The maximum Gasteiger partial charge on any atom is 0.0573 e. The SMILES string of the molecule is OCCCCCC(O)[CH]CC(O)CCCCCO. The fourth-order valence-corrected chi connectivity index (χ4v) is 1.86. The first kappa shape index (κ1) is 17.8. The highest BCUT2D eigenvalue weighted by molar-refractivity contribution is 4.78. The predicted molar refractivity (Wildman–Crippen MR) is 72.0 cm³/mol. The monoisotopic (exact) mass is 261 g/mol. The topological polar surface area (TPSA) is 80.9 Å². The molecule has 0 aliphatic heterocycles. The molecule has 0 saturated heterocycles. The summed E-state index contributed by atoms with van der Waals surface area (Å²) in [6, 6.07) is 0. The summed E-state index contributed by atoms with van der Waals surface area (Å²) in [7, 11) is 0. The van der Waals surface area contributed by atoms with E-state index in [2.05, 4.69) is 0 Å². The van der Waals surface area contributed by atoms with Crippen molar-refractivity contribution in [3.63, 3.8) is 0 Å². The maximum absolute atomic E-state index is 9.67. The van der Waals surface area contributed by atoms with Crippen molar-refractivity contribution in [2.45, 2.75) is 70.0 Å². The van der Waals surface area contributed by atoms with Crippen molar-refractivity contribution in [1.82, 2.24) is 0 Å². The minimum absolute atomic E-state index is 0.215. The molecule has 0 saturated carbocycles. The summed E-state index contributed by atoms with van der Waals surface area (Å²) in [6.07, 6.45) is 8.20. The quantitative estimate of drug-likeness (QED) is 0.378. The Morgan fingerprint density at radius 1 is 0.722 bits per heavy atom. The Hall–Kier alpha value is -0.160. The Morgan fingerprint density at radius 2 is 1.28 bits per heavy atom. The number of aliphatic hydroxyl groups is 4. The van der Waals surface area contributed by atoms with Crippen LogP contribution in [0.5, 0.6) is 0 Å². The molecule has 0 spiro atoms. The molecule has 2 unspecified atom stereocenters. The van der Waals surface area contributed by atoms with Crippen LogP contribution in [0, 0.1) is 6.42 Å². The zero-order valence-corrected chi connectivity index (χ0v) is 11.3. The lowest BCUT2D eigenvalue weighted by atomic mass is 10.0. The van der Waals surface area contributed by atoms with Crippen LogP contribution >= 0.6 is 0 Å². The van der Waals surface area contributed by atoms with Gasteiger partial charge in [-0.15, -0.1) is 0 Å². The van der Waals surface area contributed by atoms with Gasteiger partial charge in [0.05, 0.1) is 12.2 Å². The fraction of sp³-hybridized carbons (Fsp3) is 0.929. The van der Waals surface area contributed by atoms with Crippen LogP contribution in [0.4, 0.5) is 0 Å². The summed E-state index contributed by atoms with van der Waals surface area (Å²) in [6.45, 7) is 0.432. The molecular formula is C14H29O4. The normalized spacial score (nSPS) is 14.7. The number of unbranched alkanes of at least 4 members (excludes halogenated alkanes) is 4. The van der Waals surface area contributed by atoms with E-state index >= 15 is 0 Å². The zero-order valence-electron chi connectivity index (χ0n) is 11.3. The molecule has 0 bridgehead atoms. The van der Waals surface area contributed by atoms with E-state index < -0.39 is 6.10 Å². The van der Waals surface area contributed by atoms with Crippen LogP contribution < -0.4 is 0 Å².